The molecule has 1 aliphatic heterocycles. The van der Waals surface area contributed by atoms with Crippen LogP contribution in [0.15, 0.2) is 24.3 Å². The third-order valence-corrected chi connectivity index (χ3v) is 4.86. The molecular weight excluding hydrogens is 214 g/mol. The number of benzene rings is 1. The summed E-state index contributed by atoms with van der Waals surface area (Å²) in [4.78, 5) is 0. The van der Waals surface area contributed by atoms with Crippen molar-refractivity contribution in [3.63, 3.8) is 0 Å². The van der Waals surface area contributed by atoms with Crippen LogP contribution < -0.4 is 5.73 Å². The highest BCUT2D eigenvalue weighted by atomic mass is 32.2. The van der Waals surface area contributed by atoms with Gasteiger partial charge in [-0.3, -0.25) is 0 Å². The maximum absolute atomic E-state index is 5.69. The van der Waals surface area contributed by atoms with E-state index in [0.717, 1.165) is 5.92 Å². The van der Waals surface area contributed by atoms with E-state index in [-0.39, 0.29) is 0 Å². The van der Waals surface area contributed by atoms with Gasteiger partial charge in [0.25, 0.3) is 0 Å². The average Bonchev–Trinajstić information content (AvgIpc) is 2.39. The molecule has 1 aromatic carbocycles. The molecule has 1 fully saturated rings. The summed E-state index contributed by atoms with van der Waals surface area (Å²) in [5, 5.41) is 0. The lowest BCUT2D eigenvalue weighted by molar-refractivity contribution is 0.448. The third-order valence-electron chi connectivity index (χ3n) is 3.62. The number of nitrogens with two attached hydrogens (primary N) is 1. The van der Waals surface area contributed by atoms with Crippen LogP contribution in [0.2, 0.25) is 0 Å². The first kappa shape index (κ1) is 12.0. The van der Waals surface area contributed by atoms with Crippen LogP contribution in [0.1, 0.15) is 36.8 Å². The zero-order chi connectivity index (χ0) is 11.4. The summed E-state index contributed by atoms with van der Waals surface area (Å²) in [6, 6.07) is 8.79. The SMILES string of the molecule is CC(c1cccc(CN)c1)C1CCCSC1. The van der Waals surface area contributed by atoms with Gasteiger partial charge in [0, 0.05) is 6.54 Å². The maximum atomic E-state index is 5.69. The van der Waals surface area contributed by atoms with E-state index in [0.29, 0.717) is 12.5 Å². The molecule has 1 nitrogen and oxygen atoms in total. The minimum Gasteiger partial charge on any atom is -0.326 e. The molecule has 1 aliphatic rings. The van der Waals surface area contributed by atoms with E-state index >= 15 is 0 Å². The second-order valence-corrected chi connectivity index (χ2v) is 5.86. The van der Waals surface area contributed by atoms with Crippen molar-refractivity contribution in [2.75, 3.05) is 11.5 Å². The van der Waals surface area contributed by atoms with E-state index in [1.54, 1.807) is 0 Å². The van der Waals surface area contributed by atoms with Crippen LogP contribution >= 0.6 is 11.8 Å². The Labute approximate surface area is 103 Å². The number of hydrogen-bond acceptors (Lipinski definition) is 2. The van der Waals surface area contributed by atoms with Gasteiger partial charge < -0.3 is 5.73 Å². The number of rotatable bonds is 3. The fourth-order valence-electron chi connectivity index (χ4n) is 2.44. The summed E-state index contributed by atoms with van der Waals surface area (Å²) < 4.78 is 0. The molecule has 2 atom stereocenters. The van der Waals surface area contributed by atoms with Gasteiger partial charge in [0.15, 0.2) is 0 Å². The van der Waals surface area contributed by atoms with Gasteiger partial charge in [-0.2, -0.15) is 11.8 Å². The predicted octanol–water partition coefficient (Wildman–Crippen LogP) is 3.39. The van der Waals surface area contributed by atoms with Gasteiger partial charge in [-0.05, 0) is 47.3 Å². The third kappa shape index (κ3) is 2.80. The van der Waals surface area contributed by atoms with Crippen molar-refractivity contribution in [1.29, 1.82) is 0 Å². The molecule has 0 spiro atoms. The molecule has 2 rings (SSSR count). The van der Waals surface area contributed by atoms with Crippen LogP contribution in [0, 0.1) is 5.92 Å². The summed E-state index contributed by atoms with van der Waals surface area (Å²) in [7, 11) is 0. The molecule has 0 radical (unpaired) electrons. The topological polar surface area (TPSA) is 26.0 Å². The smallest absolute Gasteiger partial charge is 0.0178 e. The molecule has 2 N–H and O–H groups in total. The summed E-state index contributed by atoms with van der Waals surface area (Å²) in [6.07, 6.45) is 2.78. The Balaban J connectivity index is 2.09. The minimum absolute atomic E-state index is 0.653. The standard InChI is InChI=1S/C14H21NS/c1-11(14-6-3-7-16-10-14)13-5-2-4-12(8-13)9-15/h2,4-5,8,11,14H,3,6-7,9-10,15H2,1H3. The molecule has 1 saturated heterocycles. The Kier molecular flexibility index (Phi) is 4.30. The van der Waals surface area contributed by atoms with E-state index in [2.05, 4.69) is 43.0 Å². The highest BCUT2D eigenvalue weighted by Crippen LogP contribution is 2.34. The van der Waals surface area contributed by atoms with Crippen molar-refractivity contribution in [3.8, 4) is 0 Å². The monoisotopic (exact) mass is 235 g/mol. The van der Waals surface area contributed by atoms with E-state index in [1.807, 2.05) is 0 Å². The Bertz CT molecular complexity index is 331. The molecule has 0 bridgehead atoms. The first-order valence-electron chi connectivity index (χ1n) is 6.18. The molecule has 2 unspecified atom stereocenters. The Hall–Kier alpha value is -0.470. The van der Waals surface area contributed by atoms with Gasteiger partial charge in [-0.15, -0.1) is 0 Å². The molecule has 16 heavy (non-hydrogen) atoms. The summed E-state index contributed by atoms with van der Waals surface area (Å²) in [5.41, 5.74) is 8.42. The van der Waals surface area contributed by atoms with Gasteiger partial charge in [-0.25, -0.2) is 0 Å². The van der Waals surface area contributed by atoms with E-state index < -0.39 is 0 Å². The highest BCUT2D eigenvalue weighted by Gasteiger charge is 2.21. The molecule has 0 aromatic heterocycles. The Morgan fingerprint density at radius 1 is 1.50 bits per heavy atom. The zero-order valence-corrected chi connectivity index (χ0v) is 10.8. The van der Waals surface area contributed by atoms with Crippen molar-refractivity contribution >= 4 is 11.8 Å². The number of thioether (sulfide) groups is 1. The van der Waals surface area contributed by atoms with Gasteiger partial charge in [0.05, 0.1) is 0 Å². The quantitative estimate of drug-likeness (QED) is 0.869. The summed E-state index contributed by atoms with van der Waals surface area (Å²) in [6.45, 7) is 3.02. The molecular formula is C14H21NS. The van der Waals surface area contributed by atoms with Crippen LogP contribution in [0.4, 0.5) is 0 Å². The molecule has 1 heterocycles. The lowest BCUT2D eigenvalue weighted by Crippen LogP contribution is -2.17. The van der Waals surface area contributed by atoms with Gasteiger partial charge in [-0.1, -0.05) is 31.2 Å². The van der Waals surface area contributed by atoms with Crippen LogP contribution in [-0.2, 0) is 6.54 Å². The predicted molar refractivity (Wildman–Crippen MR) is 72.8 cm³/mol. The zero-order valence-electron chi connectivity index (χ0n) is 9.99. The fraction of sp³-hybridized carbons (Fsp3) is 0.571. The van der Waals surface area contributed by atoms with Crippen molar-refractivity contribution in [2.45, 2.75) is 32.2 Å². The first-order chi connectivity index (χ1) is 7.81. The van der Waals surface area contributed by atoms with Gasteiger partial charge in [0.2, 0.25) is 0 Å². The van der Waals surface area contributed by atoms with Crippen LogP contribution in [0.3, 0.4) is 0 Å². The second kappa shape index (κ2) is 5.74. The largest absolute Gasteiger partial charge is 0.326 e. The highest BCUT2D eigenvalue weighted by molar-refractivity contribution is 7.99. The van der Waals surface area contributed by atoms with Gasteiger partial charge >= 0.3 is 0 Å². The van der Waals surface area contributed by atoms with Crippen molar-refractivity contribution in [1.82, 2.24) is 0 Å². The van der Waals surface area contributed by atoms with Crippen LogP contribution in [0.5, 0.6) is 0 Å². The lowest BCUT2D eigenvalue weighted by Gasteiger charge is -2.27. The van der Waals surface area contributed by atoms with Crippen molar-refractivity contribution in [3.05, 3.63) is 35.4 Å². The Morgan fingerprint density at radius 3 is 3.06 bits per heavy atom. The second-order valence-electron chi connectivity index (χ2n) is 4.72. The molecule has 0 saturated carbocycles. The van der Waals surface area contributed by atoms with Crippen molar-refractivity contribution < 1.29 is 0 Å². The fourth-order valence-corrected chi connectivity index (χ4v) is 3.73. The summed E-state index contributed by atoms with van der Waals surface area (Å²) in [5.74, 6) is 4.21. The van der Waals surface area contributed by atoms with Gasteiger partial charge in [0.1, 0.15) is 0 Å². The van der Waals surface area contributed by atoms with Crippen molar-refractivity contribution in [2.24, 2.45) is 11.7 Å². The molecule has 2 heteroatoms. The maximum Gasteiger partial charge on any atom is 0.0178 e. The molecule has 0 aliphatic carbocycles. The minimum atomic E-state index is 0.653. The lowest BCUT2D eigenvalue weighted by atomic mass is 9.85. The van der Waals surface area contributed by atoms with E-state index in [1.165, 1.54) is 35.5 Å². The van der Waals surface area contributed by atoms with E-state index in [4.69, 9.17) is 5.73 Å². The molecule has 0 amide bonds. The number of hydrogen-bond donors (Lipinski definition) is 1. The molecule has 1 aromatic rings. The van der Waals surface area contributed by atoms with Crippen LogP contribution in [-0.4, -0.2) is 11.5 Å². The summed E-state index contributed by atoms with van der Waals surface area (Å²) >= 11 is 2.11. The Morgan fingerprint density at radius 2 is 2.38 bits per heavy atom. The van der Waals surface area contributed by atoms with Crippen LogP contribution in [0.25, 0.3) is 0 Å². The van der Waals surface area contributed by atoms with E-state index in [9.17, 15) is 0 Å². The molecule has 88 valence electrons. The average molecular weight is 235 g/mol. The normalized spacial score (nSPS) is 23.0. The first-order valence-corrected chi connectivity index (χ1v) is 7.33.